The fourth-order valence-corrected chi connectivity index (χ4v) is 1.38. The van der Waals surface area contributed by atoms with Crippen LogP contribution in [-0.4, -0.2) is 35.7 Å². The Bertz CT molecular complexity index is 394. The molecule has 6 heteroatoms. The summed E-state index contributed by atoms with van der Waals surface area (Å²) in [6.07, 6.45) is 0. The fourth-order valence-electron chi connectivity index (χ4n) is 1.16. The van der Waals surface area contributed by atoms with Crippen molar-refractivity contribution in [3.8, 4) is 0 Å². The van der Waals surface area contributed by atoms with Gasteiger partial charge in [0.1, 0.15) is 5.82 Å². The topological polar surface area (TPSA) is 52.6 Å². The molecule has 1 rings (SSSR count). The van der Waals surface area contributed by atoms with Gasteiger partial charge in [-0.15, -0.1) is 0 Å². The van der Waals surface area contributed by atoms with E-state index in [1.165, 1.54) is 24.1 Å². The van der Waals surface area contributed by atoms with E-state index in [-0.39, 0.29) is 23.4 Å². The maximum atomic E-state index is 13.0. The van der Waals surface area contributed by atoms with Crippen molar-refractivity contribution in [2.24, 2.45) is 0 Å². The van der Waals surface area contributed by atoms with Crippen LogP contribution in [0.2, 0.25) is 5.02 Å². The lowest BCUT2D eigenvalue weighted by molar-refractivity contribution is 0.166. The molecule has 0 aliphatic carbocycles. The average Bonchev–Trinajstić information content (AvgIpc) is 2.25. The SMILES string of the molecule is CC(CO)N(C)C(=O)Nc1cc(F)cc(Cl)c1. The third-order valence-corrected chi connectivity index (χ3v) is 2.58. The first kappa shape index (κ1) is 13.7. The second-order valence-corrected chi connectivity index (χ2v) is 4.17. The minimum Gasteiger partial charge on any atom is -0.394 e. The predicted molar refractivity (Wildman–Crippen MR) is 64.7 cm³/mol. The van der Waals surface area contributed by atoms with Gasteiger partial charge in [0.25, 0.3) is 0 Å². The summed E-state index contributed by atoms with van der Waals surface area (Å²) in [5.41, 5.74) is 0.275. The van der Waals surface area contributed by atoms with Crippen molar-refractivity contribution < 1.29 is 14.3 Å². The number of hydrogen-bond acceptors (Lipinski definition) is 2. The number of urea groups is 1. The quantitative estimate of drug-likeness (QED) is 0.876. The summed E-state index contributed by atoms with van der Waals surface area (Å²) in [4.78, 5) is 13.0. The maximum Gasteiger partial charge on any atom is 0.321 e. The Labute approximate surface area is 104 Å². The van der Waals surface area contributed by atoms with Crippen molar-refractivity contribution in [3.63, 3.8) is 0 Å². The van der Waals surface area contributed by atoms with Crippen LogP contribution < -0.4 is 5.32 Å². The molecule has 0 saturated carbocycles. The van der Waals surface area contributed by atoms with Crippen LogP contribution in [0.3, 0.4) is 0 Å². The minimum atomic E-state index is -0.523. The van der Waals surface area contributed by atoms with E-state index in [9.17, 15) is 9.18 Å². The number of carbonyl (C=O) groups is 1. The van der Waals surface area contributed by atoms with Gasteiger partial charge in [0, 0.05) is 17.8 Å². The fraction of sp³-hybridized carbons (Fsp3) is 0.364. The third-order valence-electron chi connectivity index (χ3n) is 2.36. The highest BCUT2D eigenvalue weighted by atomic mass is 35.5. The highest BCUT2D eigenvalue weighted by Crippen LogP contribution is 2.18. The number of amides is 2. The summed E-state index contributed by atoms with van der Waals surface area (Å²) in [7, 11) is 1.54. The second-order valence-electron chi connectivity index (χ2n) is 3.73. The number of benzene rings is 1. The zero-order valence-corrected chi connectivity index (χ0v) is 10.3. The lowest BCUT2D eigenvalue weighted by Gasteiger charge is -2.23. The van der Waals surface area contributed by atoms with Crippen LogP contribution in [0.5, 0.6) is 0 Å². The van der Waals surface area contributed by atoms with Gasteiger partial charge in [-0.3, -0.25) is 0 Å². The van der Waals surface area contributed by atoms with Gasteiger partial charge in [0.15, 0.2) is 0 Å². The predicted octanol–water partition coefficient (Wildman–Crippen LogP) is 2.32. The monoisotopic (exact) mass is 260 g/mol. The molecule has 1 unspecified atom stereocenters. The van der Waals surface area contributed by atoms with Gasteiger partial charge in [-0.25, -0.2) is 9.18 Å². The molecule has 1 aromatic rings. The van der Waals surface area contributed by atoms with Gasteiger partial charge in [0.2, 0.25) is 0 Å². The number of likely N-dealkylation sites (N-methyl/N-ethyl adjacent to an activating group) is 1. The van der Waals surface area contributed by atoms with E-state index < -0.39 is 11.8 Å². The van der Waals surface area contributed by atoms with Gasteiger partial charge < -0.3 is 15.3 Å². The van der Waals surface area contributed by atoms with E-state index in [1.807, 2.05) is 0 Å². The molecule has 0 saturated heterocycles. The van der Waals surface area contributed by atoms with Gasteiger partial charge in [0.05, 0.1) is 12.6 Å². The summed E-state index contributed by atoms with van der Waals surface area (Å²) in [5.74, 6) is -0.523. The molecule has 0 aromatic heterocycles. The summed E-state index contributed by atoms with van der Waals surface area (Å²) < 4.78 is 13.0. The molecule has 17 heavy (non-hydrogen) atoms. The molecule has 0 aliphatic heterocycles. The Hall–Kier alpha value is -1.33. The van der Waals surface area contributed by atoms with Gasteiger partial charge in [-0.2, -0.15) is 0 Å². The van der Waals surface area contributed by atoms with Crippen molar-refractivity contribution in [2.45, 2.75) is 13.0 Å². The molecule has 4 nitrogen and oxygen atoms in total. The Balaban J connectivity index is 2.74. The van der Waals surface area contributed by atoms with E-state index in [0.717, 1.165) is 6.07 Å². The molecule has 2 N–H and O–H groups in total. The average molecular weight is 261 g/mol. The first-order chi connectivity index (χ1) is 7.93. The molecule has 0 radical (unpaired) electrons. The number of nitrogens with zero attached hydrogens (tertiary/aromatic N) is 1. The third kappa shape index (κ3) is 3.87. The normalized spacial score (nSPS) is 12.1. The largest absolute Gasteiger partial charge is 0.394 e. The molecule has 0 bridgehead atoms. The molecular weight excluding hydrogens is 247 g/mol. The Kier molecular flexibility index (Phi) is 4.72. The highest BCUT2D eigenvalue weighted by Gasteiger charge is 2.15. The number of carbonyl (C=O) groups excluding carboxylic acids is 1. The number of anilines is 1. The van der Waals surface area contributed by atoms with Crippen LogP contribution in [0.1, 0.15) is 6.92 Å². The number of aliphatic hydroxyl groups is 1. The first-order valence-electron chi connectivity index (χ1n) is 5.04. The van der Waals surface area contributed by atoms with Crippen molar-refractivity contribution in [1.29, 1.82) is 0 Å². The van der Waals surface area contributed by atoms with Crippen LogP contribution >= 0.6 is 11.6 Å². The first-order valence-corrected chi connectivity index (χ1v) is 5.42. The molecule has 0 aliphatic rings. The Morgan fingerprint density at radius 2 is 2.24 bits per heavy atom. The number of halogens is 2. The Morgan fingerprint density at radius 3 is 2.76 bits per heavy atom. The van der Waals surface area contributed by atoms with Crippen molar-refractivity contribution in [3.05, 3.63) is 29.0 Å². The standard InChI is InChI=1S/C11H14ClFN2O2/c1-7(6-16)15(2)11(17)14-10-4-8(12)3-9(13)5-10/h3-5,7,16H,6H2,1-2H3,(H,14,17). The zero-order valence-electron chi connectivity index (χ0n) is 9.58. The van der Waals surface area contributed by atoms with E-state index >= 15 is 0 Å². The number of hydrogen-bond donors (Lipinski definition) is 2. The van der Waals surface area contributed by atoms with Crippen LogP contribution in [0.15, 0.2) is 18.2 Å². The van der Waals surface area contributed by atoms with E-state index in [4.69, 9.17) is 16.7 Å². The lowest BCUT2D eigenvalue weighted by Crippen LogP contribution is -2.40. The summed E-state index contributed by atoms with van der Waals surface area (Å²) >= 11 is 5.66. The molecule has 0 heterocycles. The molecular formula is C11H14ClFN2O2. The van der Waals surface area contributed by atoms with Gasteiger partial charge >= 0.3 is 6.03 Å². The smallest absolute Gasteiger partial charge is 0.321 e. The van der Waals surface area contributed by atoms with Gasteiger partial charge in [-0.1, -0.05) is 11.6 Å². The van der Waals surface area contributed by atoms with Crippen LogP contribution in [0, 0.1) is 5.82 Å². The number of nitrogens with one attached hydrogen (secondary N) is 1. The molecule has 0 spiro atoms. The molecule has 1 atom stereocenters. The van der Waals surface area contributed by atoms with Crippen LogP contribution in [0.4, 0.5) is 14.9 Å². The summed E-state index contributed by atoms with van der Waals surface area (Å²) in [6, 6.07) is 3.01. The number of rotatable bonds is 3. The minimum absolute atomic E-state index is 0.145. The summed E-state index contributed by atoms with van der Waals surface area (Å²) in [5, 5.41) is 11.6. The van der Waals surface area contributed by atoms with Crippen LogP contribution in [-0.2, 0) is 0 Å². The van der Waals surface area contributed by atoms with E-state index in [2.05, 4.69) is 5.32 Å². The van der Waals surface area contributed by atoms with Gasteiger partial charge in [-0.05, 0) is 25.1 Å². The zero-order chi connectivity index (χ0) is 13.0. The lowest BCUT2D eigenvalue weighted by atomic mass is 10.3. The highest BCUT2D eigenvalue weighted by molar-refractivity contribution is 6.30. The van der Waals surface area contributed by atoms with E-state index in [1.54, 1.807) is 6.92 Å². The van der Waals surface area contributed by atoms with Crippen LogP contribution in [0.25, 0.3) is 0 Å². The molecule has 1 aromatic carbocycles. The molecule has 0 fully saturated rings. The molecule has 2 amide bonds. The summed E-state index contributed by atoms with van der Waals surface area (Å²) in [6.45, 7) is 1.55. The second kappa shape index (κ2) is 5.84. The molecule has 94 valence electrons. The van der Waals surface area contributed by atoms with Crippen molar-refractivity contribution >= 4 is 23.3 Å². The number of aliphatic hydroxyl groups excluding tert-OH is 1. The van der Waals surface area contributed by atoms with Crippen molar-refractivity contribution in [2.75, 3.05) is 19.0 Å². The maximum absolute atomic E-state index is 13.0. The van der Waals surface area contributed by atoms with E-state index in [0.29, 0.717) is 0 Å². The Morgan fingerprint density at radius 1 is 1.59 bits per heavy atom. The van der Waals surface area contributed by atoms with Crippen molar-refractivity contribution in [1.82, 2.24) is 4.90 Å².